The van der Waals surface area contributed by atoms with Crippen LogP contribution in [0, 0.1) is 0 Å². The van der Waals surface area contributed by atoms with Gasteiger partial charge in [0.2, 0.25) is 11.4 Å². The molecule has 0 spiro atoms. The van der Waals surface area contributed by atoms with E-state index in [1.807, 2.05) is 58.2 Å². The fourth-order valence-electron chi connectivity index (χ4n) is 2.83. The van der Waals surface area contributed by atoms with Crippen LogP contribution in [-0.4, -0.2) is 10.2 Å². The first-order chi connectivity index (χ1) is 12.7. The van der Waals surface area contributed by atoms with E-state index in [1.54, 1.807) is 24.3 Å². The number of nitrogens with zero attached hydrogens (tertiary/aromatic N) is 2. The van der Waals surface area contributed by atoms with Crippen molar-refractivity contribution in [3.8, 4) is 34.0 Å². The maximum absolute atomic E-state index is 9.39. The summed E-state index contributed by atoms with van der Waals surface area (Å²) in [6.07, 6.45) is 8.01. The van der Waals surface area contributed by atoms with Gasteiger partial charge < -0.3 is 10.2 Å². The van der Waals surface area contributed by atoms with Gasteiger partial charge in [-0.1, -0.05) is 0 Å². The van der Waals surface area contributed by atoms with Gasteiger partial charge in [-0.05, 0) is 35.4 Å². The molecular formula is C22H18N2O2+2. The largest absolute Gasteiger partial charge is 0.508 e. The second-order valence-electron chi connectivity index (χ2n) is 6.02. The molecule has 2 N–H and O–H groups in total. The lowest BCUT2D eigenvalue weighted by Gasteiger charge is -2.01. The van der Waals surface area contributed by atoms with Gasteiger partial charge in [0.25, 0.3) is 0 Å². The van der Waals surface area contributed by atoms with Gasteiger partial charge in [0.05, 0.1) is 0 Å². The van der Waals surface area contributed by atoms with Crippen molar-refractivity contribution >= 4 is 0 Å². The zero-order valence-corrected chi connectivity index (χ0v) is 14.0. The Bertz CT molecular complexity index is 921. The van der Waals surface area contributed by atoms with E-state index in [1.165, 1.54) is 0 Å². The van der Waals surface area contributed by atoms with E-state index in [4.69, 9.17) is 0 Å². The van der Waals surface area contributed by atoms with Crippen LogP contribution < -0.4 is 9.13 Å². The summed E-state index contributed by atoms with van der Waals surface area (Å²) in [6.45, 7) is 0. The average molecular weight is 342 g/mol. The number of pyridine rings is 2. The number of hydrogen-bond donors (Lipinski definition) is 2. The molecule has 4 heteroatoms. The molecule has 0 aliphatic carbocycles. The molecule has 126 valence electrons. The van der Waals surface area contributed by atoms with Crippen LogP contribution in [0.5, 0.6) is 11.5 Å². The molecule has 2 aromatic carbocycles. The van der Waals surface area contributed by atoms with Gasteiger partial charge in [-0.15, -0.1) is 0 Å². The fourth-order valence-corrected chi connectivity index (χ4v) is 2.83. The highest BCUT2D eigenvalue weighted by atomic mass is 16.3. The Hall–Kier alpha value is -3.66. The maximum atomic E-state index is 9.39. The predicted octanol–water partition coefficient (Wildman–Crippen LogP) is 3.32. The Morgan fingerprint density at radius 3 is 1.04 bits per heavy atom. The predicted molar refractivity (Wildman–Crippen MR) is 98.3 cm³/mol. The highest BCUT2D eigenvalue weighted by molar-refractivity contribution is 5.61. The SMILES string of the molecule is Oc1ccc(-[n+]2ccc(-c3cc[n+](-c4ccc(O)cc4)cc3)cc2)cc1. The molecule has 0 bridgehead atoms. The standard InChI is InChI=1S/C22H16N2O2/c25-21-5-1-19(2-6-21)23-13-9-17(10-14-23)18-11-15-24(16-12-18)20-3-7-22(26)8-4-20/h1-16H/p+2. The van der Waals surface area contributed by atoms with E-state index in [9.17, 15) is 10.2 Å². The summed E-state index contributed by atoms with van der Waals surface area (Å²) in [7, 11) is 0. The second-order valence-corrected chi connectivity index (χ2v) is 6.02. The third kappa shape index (κ3) is 3.26. The van der Waals surface area contributed by atoms with Crippen molar-refractivity contribution in [3.05, 3.63) is 97.6 Å². The van der Waals surface area contributed by atoms with E-state index in [2.05, 4.69) is 24.3 Å². The number of hydrogen-bond acceptors (Lipinski definition) is 2. The van der Waals surface area contributed by atoms with Crippen LogP contribution in [0.1, 0.15) is 0 Å². The minimum atomic E-state index is 0.261. The number of phenols is 2. The molecular weight excluding hydrogens is 324 g/mol. The van der Waals surface area contributed by atoms with E-state index in [0.29, 0.717) is 0 Å². The van der Waals surface area contributed by atoms with Crippen molar-refractivity contribution < 1.29 is 19.3 Å². The normalized spacial score (nSPS) is 10.6. The number of benzene rings is 2. The van der Waals surface area contributed by atoms with Crippen LogP contribution in [0.15, 0.2) is 97.6 Å². The van der Waals surface area contributed by atoms with Gasteiger partial charge in [-0.2, -0.15) is 9.13 Å². The quantitative estimate of drug-likeness (QED) is 0.561. The second kappa shape index (κ2) is 6.69. The van der Waals surface area contributed by atoms with E-state index in [-0.39, 0.29) is 11.5 Å². The summed E-state index contributed by atoms with van der Waals surface area (Å²) < 4.78 is 4.00. The monoisotopic (exact) mass is 342 g/mol. The van der Waals surface area contributed by atoms with Crippen molar-refractivity contribution in [3.63, 3.8) is 0 Å². The number of aromatic nitrogens is 2. The molecule has 0 amide bonds. The zero-order valence-electron chi connectivity index (χ0n) is 14.0. The Morgan fingerprint density at radius 1 is 0.423 bits per heavy atom. The average Bonchev–Trinajstić information content (AvgIpc) is 2.70. The Labute approximate surface area is 151 Å². The molecule has 0 aliphatic heterocycles. The molecule has 0 radical (unpaired) electrons. The summed E-state index contributed by atoms with van der Waals surface area (Å²) in [5.74, 6) is 0.523. The first-order valence-electron chi connectivity index (χ1n) is 8.31. The van der Waals surface area contributed by atoms with Gasteiger partial charge in [-0.25, -0.2) is 0 Å². The smallest absolute Gasteiger partial charge is 0.210 e. The van der Waals surface area contributed by atoms with Gasteiger partial charge in [-0.3, -0.25) is 0 Å². The van der Waals surface area contributed by atoms with E-state index >= 15 is 0 Å². The molecule has 4 aromatic rings. The molecule has 0 fully saturated rings. The van der Waals surface area contributed by atoms with Crippen molar-refractivity contribution in [2.45, 2.75) is 0 Å². The lowest BCUT2D eigenvalue weighted by molar-refractivity contribution is -0.596. The van der Waals surface area contributed by atoms with E-state index < -0.39 is 0 Å². The topological polar surface area (TPSA) is 48.2 Å². The molecule has 0 saturated heterocycles. The van der Waals surface area contributed by atoms with Crippen LogP contribution in [0.2, 0.25) is 0 Å². The van der Waals surface area contributed by atoms with Gasteiger partial charge in [0.1, 0.15) is 11.5 Å². The van der Waals surface area contributed by atoms with Crippen LogP contribution in [-0.2, 0) is 0 Å². The minimum Gasteiger partial charge on any atom is -0.508 e. The summed E-state index contributed by atoms with van der Waals surface area (Å²) in [5, 5.41) is 18.8. The Balaban J connectivity index is 1.57. The Morgan fingerprint density at radius 2 is 0.731 bits per heavy atom. The third-order valence-electron chi connectivity index (χ3n) is 4.29. The number of aromatic hydroxyl groups is 2. The van der Waals surface area contributed by atoms with Crippen LogP contribution in [0.3, 0.4) is 0 Å². The number of phenolic OH excluding ortho intramolecular Hbond substituents is 2. The lowest BCUT2D eigenvalue weighted by Crippen LogP contribution is -2.29. The van der Waals surface area contributed by atoms with Crippen molar-refractivity contribution in [1.29, 1.82) is 0 Å². The fraction of sp³-hybridized carbons (Fsp3) is 0. The van der Waals surface area contributed by atoms with Crippen LogP contribution >= 0.6 is 0 Å². The van der Waals surface area contributed by atoms with E-state index in [0.717, 1.165) is 22.5 Å². The van der Waals surface area contributed by atoms with Gasteiger partial charge in [0.15, 0.2) is 24.8 Å². The van der Waals surface area contributed by atoms with Gasteiger partial charge in [0, 0.05) is 48.5 Å². The molecule has 0 aliphatic rings. The first-order valence-corrected chi connectivity index (χ1v) is 8.31. The summed E-state index contributed by atoms with van der Waals surface area (Å²) in [5.41, 5.74) is 4.23. The van der Waals surface area contributed by atoms with Crippen LogP contribution in [0.4, 0.5) is 0 Å². The summed E-state index contributed by atoms with van der Waals surface area (Å²) >= 11 is 0. The summed E-state index contributed by atoms with van der Waals surface area (Å²) in [6, 6.07) is 22.4. The Kier molecular flexibility index (Phi) is 4.07. The third-order valence-corrected chi connectivity index (χ3v) is 4.29. The highest BCUT2D eigenvalue weighted by Crippen LogP contribution is 2.17. The molecule has 2 aromatic heterocycles. The molecule has 4 rings (SSSR count). The molecule has 0 saturated carbocycles. The van der Waals surface area contributed by atoms with Crippen molar-refractivity contribution in [1.82, 2.24) is 0 Å². The number of rotatable bonds is 3. The molecule has 4 nitrogen and oxygen atoms in total. The maximum Gasteiger partial charge on any atom is 0.210 e. The first kappa shape index (κ1) is 15.8. The van der Waals surface area contributed by atoms with Crippen molar-refractivity contribution in [2.75, 3.05) is 0 Å². The molecule has 0 unspecified atom stereocenters. The summed E-state index contributed by atoms with van der Waals surface area (Å²) in [4.78, 5) is 0. The van der Waals surface area contributed by atoms with Crippen molar-refractivity contribution in [2.24, 2.45) is 0 Å². The van der Waals surface area contributed by atoms with Gasteiger partial charge >= 0.3 is 0 Å². The molecule has 0 atom stereocenters. The molecule has 26 heavy (non-hydrogen) atoms. The molecule has 2 heterocycles. The van der Waals surface area contributed by atoms with Crippen LogP contribution in [0.25, 0.3) is 22.5 Å². The minimum absolute atomic E-state index is 0.261. The zero-order chi connectivity index (χ0) is 17.9. The lowest BCUT2D eigenvalue weighted by atomic mass is 10.1. The highest BCUT2D eigenvalue weighted by Gasteiger charge is 2.09.